The molecule has 136 valence electrons. The molecule has 5 heterocycles. The van der Waals surface area contributed by atoms with E-state index in [-0.39, 0.29) is 11.9 Å². The van der Waals surface area contributed by atoms with Crippen LogP contribution in [0.2, 0.25) is 0 Å². The van der Waals surface area contributed by atoms with Crippen LogP contribution in [-0.2, 0) is 5.60 Å². The largest absolute Gasteiger partial charge is 0.420 e. The number of aliphatic hydroxyl groups is 1. The summed E-state index contributed by atoms with van der Waals surface area (Å²) < 4.78 is 1.89. The molecule has 2 aliphatic rings. The third-order valence-electron chi connectivity index (χ3n) is 5.37. The van der Waals surface area contributed by atoms with E-state index in [0.717, 1.165) is 29.0 Å². The summed E-state index contributed by atoms with van der Waals surface area (Å²) in [5.41, 5.74) is 1.54. The van der Waals surface area contributed by atoms with E-state index in [1.165, 1.54) is 11.3 Å². The number of hydrogen-bond donors (Lipinski definition) is 2. The SMILES string of the molecule is O=C(c1csc(-c2cn[nH]c2)c1)[N+]1=C2CC[C@H]1C[C@](O)(c1ncccn1)C2. The lowest BCUT2D eigenvalue weighted by Gasteiger charge is -2.29. The number of nitrogens with zero attached hydrogens (tertiary/aromatic N) is 4. The van der Waals surface area contributed by atoms with Crippen LogP contribution in [0, 0.1) is 0 Å². The molecular formula is C19H18N5O2S+. The summed E-state index contributed by atoms with van der Waals surface area (Å²) >= 11 is 1.53. The van der Waals surface area contributed by atoms with E-state index in [2.05, 4.69) is 20.2 Å². The first kappa shape index (κ1) is 16.5. The highest BCUT2D eigenvalue weighted by Gasteiger charge is 2.52. The van der Waals surface area contributed by atoms with Gasteiger partial charge in [0, 0.05) is 53.7 Å². The number of carbonyl (C=O) groups is 1. The highest BCUT2D eigenvalue weighted by Crippen LogP contribution is 2.39. The zero-order valence-corrected chi connectivity index (χ0v) is 15.3. The molecule has 0 aliphatic carbocycles. The Balaban J connectivity index is 1.46. The summed E-state index contributed by atoms with van der Waals surface area (Å²) in [6, 6.07) is 3.63. The third-order valence-corrected chi connectivity index (χ3v) is 6.35. The van der Waals surface area contributed by atoms with Crippen LogP contribution in [0.3, 0.4) is 0 Å². The van der Waals surface area contributed by atoms with Crippen molar-refractivity contribution in [1.82, 2.24) is 20.2 Å². The first-order valence-electron chi connectivity index (χ1n) is 8.90. The van der Waals surface area contributed by atoms with Gasteiger partial charge in [-0.15, -0.1) is 11.3 Å². The van der Waals surface area contributed by atoms with E-state index in [1.807, 2.05) is 22.2 Å². The molecule has 0 aromatic carbocycles. The predicted octanol–water partition coefficient (Wildman–Crippen LogP) is 2.37. The van der Waals surface area contributed by atoms with Crippen molar-refractivity contribution in [3.8, 4) is 10.4 Å². The summed E-state index contributed by atoms with van der Waals surface area (Å²) in [5.74, 6) is 0.453. The van der Waals surface area contributed by atoms with E-state index in [0.29, 0.717) is 24.2 Å². The molecule has 2 aliphatic heterocycles. The summed E-state index contributed by atoms with van der Waals surface area (Å²) in [6.07, 6.45) is 9.42. The molecule has 0 saturated carbocycles. The van der Waals surface area contributed by atoms with E-state index >= 15 is 0 Å². The smallest absolute Gasteiger partial charge is 0.381 e. The van der Waals surface area contributed by atoms with Gasteiger partial charge in [0.2, 0.25) is 0 Å². The van der Waals surface area contributed by atoms with Crippen LogP contribution in [0.15, 0.2) is 42.3 Å². The Bertz CT molecular complexity index is 1030. The number of fused-ring (bicyclic) bond motifs is 1. The lowest BCUT2D eigenvalue weighted by Crippen LogP contribution is -2.45. The van der Waals surface area contributed by atoms with Crippen LogP contribution >= 0.6 is 11.3 Å². The maximum atomic E-state index is 13.2. The molecule has 0 unspecified atom stereocenters. The fraction of sp³-hybridized carbons (Fsp3) is 0.316. The molecule has 0 spiro atoms. The number of aromatic nitrogens is 4. The minimum atomic E-state index is -1.09. The summed E-state index contributed by atoms with van der Waals surface area (Å²) in [6.45, 7) is 0. The predicted molar refractivity (Wildman–Crippen MR) is 99.7 cm³/mol. The standard InChI is InChI=1S/C19H18N5O2S/c25-17(12-6-16(27-11-12)13-9-22-23-10-13)24-14-2-3-15(24)8-19(26,7-14)18-20-4-1-5-21-18/h1,4-6,9-11,14,26H,2-3,7-8H2,(H,22,23)/q+1/t14-,19+/m0/s1. The molecule has 3 aromatic heterocycles. The van der Waals surface area contributed by atoms with Crippen molar-refractivity contribution in [3.63, 3.8) is 0 Å². The maximum absolute atomic E-state index is 13.2. The Hall–Kier alpha value is -2.71. The Labute approximate surface area is 159 Å². The van der Waals surface area contributed by atoms with E-state index in [9.17, 15) is 9.90 Å². The molecule has 2 N–H and O–H groups in total. The minimum absolute atomic E-state index is 0.00882. The van der Waals surface area contributed by atoms with Gasteiger partial charge in [-0.1, -0.05) is 0 Å². The quantitative estimate of drug-likeness (QED) is 0.680. The van der Waals surface area contributed by atoms with E-state index in [1.54, 1.807) is 24.7 Å². The Morgan fingerprint density at radius 3 is 2.96 bits per heavy atom. The summed E-state index contributed by atoms with van der Waals surface area (Å²) in [5, 5.41) is 19.8. The van der Waals surface area contributed by atoms with Gasteiger partial charge in [0.05, 0.1) is 12.6 Å². The fourth-order valence-corrected chi connectivity index (χ4v) is 5.02. The van der Waals surface area contributed by atoms with Crippen molar-refractivity contribution < 1.29 is 14.5 Å². The van der Waals surface area contributed by atoms with Crippen LogP contribution in [0.25, 0.3) is 10.4 Å². The van der Waals surface area contributed by atoms with Gasteiger partial charge in [-0.2, -0.15) is 9.67 Å². The number of amides is 1. The zero-order chi connectivity index (χ0) is 18.4. The highest BCUT2D eigenvalue weighted by molar-refractivity contribution is 7.13. The van der Waals surface area contributed by atoms with Crippen LogP contribution in [-0.4, -0.2) is 47.5 Å². The molecule has 2 atom stereocenters. The molecule has 27 heavy (non-hydrogen) atoms. The number of thiophene rings is 1. The van der Waals surface area contributed by atoms with Gasteiger partial charge in [0.15, 0.2) is 17.6 Å². The van der Waals surface area contributed by atoms with Crippen LogP contribution < -0.4 is 0 Å². The number of H-pyrrole nitrogens is 1. The van der Waals surface area contributed by atoms with Crippen LogP contribution in [0.5, 0.6) is 0 Å². The molecule has 2 bridgehead atoms. The Morgan fingerprint density at radius 1 is 1.37 bits per heavy atom. The number of rotatable bonds is 3. The van der Waals surface area contributed by atoms with Gasteiger partial charge in [0.1, 0.15) is 11.2 Å². The van der Waals surface area contributed by atoms with E-state index < -0.39 is 5.60 Å². The monoisotopic (exact) mass is 380 g/mol. The van der Waals surface area contributed by atoms with Crippen molar-refractivity contribution in [1.29, 1.82) is 0 Å². The summed E-state index contributed by atoms with van der Waals surface area (Å²) in [7, 11) is 0. The van der Waals surface area contributed by atoms with Crippen LogP contribution in [0.1, 0.15) is 41.9 Å². The first-order chi connectivity index (χ1) is 13.1. The average Bonchev–Trinajstić information content (AvgIpc) is 3.41. The topological polar surface area (TPSA) is 94.8 Å². The van der Waals surface area contributed by atoms with Gasteiger partial charge in [-0.05, 0) is 12.1 Å². The fourth-order valence-electron chi connectivity index (χ4n) is 4.15. The molecule has 0 fully saturated rings. The van der Waals surface area contributed by atoms with Gasteiger partial charge in [-0.3, -0.25) is 5.10 Å². The second-order valence-electron chi connectivity index (χ2n) is 7.11. The lowest BCUT2D eigenvalue weighted by atomic mass is 9.87. The number of nitrogens with one attached hydrogen (secondary N) is 1. The van der Waals surface area contributed by atoms with Crippen molar-refractivity contribution >= 4 is 23.0 Å². The second-order valence-corrected chi connectivity index (χ2v) is 8.02. The van der Waals surface area contributed by atoms with Crippen molar-refractivity contribution in [2.24, 2.45) is 0 Å². The van der Waals surface area contributed by atoms with Gasteiger partial charge in [-0.25, -0.2) is 14.8 Å². The van der Waals surface area contributed by atoms with Gasteiger partial charge >= 0.3 is 5.91 Å². The third kappa shape index (κ3) is 2.72. The first-order valence-corrected chi connectivity index (χ1v) is 9.78. The molecule has 0 saturated heterocycles. The van der Waals surface area contributed by atoms with E-state index in [4.69, 9.17) is 0 Å². The highest BCUT2D eigenvalue weighted by atomic mass is 32.1. The van der Waals surface area contributed by atoms with Crippen molar-refractivity contribution in [3.05, 3.63) is 53.7 Å². The lowest BCUT2D eigenvalue weighted by molar-refractivity contribution is -0.477. The molecule has 1 amide bonds. The minimum Gasteiger partial charge on any atom is -0.381 e. The summed E-state index contributed by atoms with van der Waals surface area (Å²) in [4.78, 5) is 22.7. The second kappa shape index (κ2) is 6.17. The molecule has 7 nitrogen and oxygen atoms in total. The molecule has 5 rings (SSSR count). The average molecular weight is 380 g/mol. The Morgan fingerprint density at radius 2 is 2.22 bits per heavy atom. The van der Waals surface area contributed by atoms with Gasteiger partial charge in [0.25, 0.3) is 0 Å². The molecule has 0 radical (unpaired) electrons. The molecule has 3 aromatic rings. The van der Waals surface area contributed by atoms with Crippen molar-refractivity contribution in [2.75, 3.05) is 0 Å². The number of aromatic amines is 1. The normalized spacial score (nSPS) is 24.4. The maximum Gasteiger partial charge on any atom is 0.420 e. The number of hydrogen-bond acceptors (Lipinski definition) is 6. The Kier molecular flexibility index (Phi) is 3.76. The number of carbonyl (C=O) groups excluding carboxylic acids is 1. The molecular weight excluding hydrogens is 362 g/mol. The zero-order valence-electron chi connectivity index (χ0n) is 14.5. The van der Waals surface area contributed by atoms with Gasteiger partial charge < -0.3 is 5.11 Å². The molecule has 8 heteroatoms. The van der Waals surface area contributed by atoms with Crippen LogP contribution in [0.4, 0.5) is 0 Å². The van der Waals surface area contributed by atoms with Crippen molar-refractivity contribution in [2.45, 2.75) is 37.3 Å².